The number of ether oxygens (including phenoxy) is 1. The molecule has 0 aromatic heterocycles. The highest BCUT2D eigenvalue weighted by atomic mass is 16.5. The van der Waals surface area contributed by atoms with Crippen molar-refractivity contribution in [1.29, 1.82) is 0 Å². The summed E-state index contributed by atoms with van der Waals surface area (Å²) >= 11 is 0. The van der Waals surface area contributed by atoms with Crippen molar-refractivity contribution in [3.8, 4) is 5.75 Å². The van der Waals surface area contributed by atoms with Gasteiger partial charge in [0.05, 0.1) is 0 Å². The summed E-state index contributed by atoms with van der Waals surface area (Å²) in [6.45, 7) is -0.0981. The van der Waals surface area contributed by atoms with Gasteiger partial charge in [-0.1, -0.05) is 18.2 Å². The zero-order chi connectivity index (χ0) is 15.1. The average molecular weight is 286 g/mol. The van der Waals surface area contributed by atoms with Gasteiger partial charge >= 0.3 is 6.09 Å². The fraction of sp³-hybridized carbons (Fsp3) is 0.0667. The average Bonchev–Trinajstić information content (AvgIpc) is 2.48. The molecular weight excluding hydrogens is 272 g/mol. The van der Waals surface area contributed by atoms with Crippen LogP contribution in [-0.4, -0.2) is 23.7 Å². The normalized spacial score (nSPS) is 9.71. The molecule has 2 amide bonds. The van der Waals surface area contributed by atoms with Gasteiger partial charge in [0.25, 0.3) is 5.91 Å². The number of nitrogens with one attached hydrogen (secondary N) is 2. The molecule has 0 aliphatic rings. The van der Waals surface area contributed by atoms with Crippen LogP contribution in [0.15, 0.2) is 54.6 Å². The standard InChI is InChI=1S/C15H14N2O4/c18-14(10-21-13-4-2-1-3-5-13)16-11-6-8-12(9-7-11)17-15(19)20/h1-9,17H,10H2,(H,16,18)(H,19,20). The molecule has 2 rings (SSSR count). The van der Waals surface area contributed by atoms with Gasteiger partial charge in [-0.15, -0.1) is 0 Å². The van der Waals surface area contributed by atoms with Gasteiger partial charge < -0.3 is 15.2 Å². The Hall–Kier alpha value is -3.02. The van der Waals surface area contributed by atoms with Crippen molar-refractivity contribution in [3.05, 3.63) is 54.6 Å². The van der Waals surface area contributed by atoms with Crippen LogP contribution in [0.1, 0.15) is 0 Å². The van der Waals surface area contributed by atoms with Crippen LogP contribution in [0.5, 0.6) is 5.75 Å². The van der Waals surface area contributed by atoms with E-state index in [2.05, 4.69) is 10.6 Å². The van der Waals surface area contributed by atoms with E-state index < -0.39 is 6.09 Å². The highest BCUT2D eigenvalue weighted by Crippen LogP contribution is 2.14. The van der Waals surface area contributed by atoms with Crippen molar-refractivity contribution in [3.63, 3.8) is 0 Å². The minimum Gasteiger partial charge on any atom is -0.484 e. The first kappa shape index (κ1) is 14.4. The number of amides is 2. The van der Waals surface area contributed by atoms with E-state index in [1.165, 1.54) is 0 Å². The zero-order valence-electron chi connectivity index (χ0n) is 11.1. The first-order valence-electron chi connectivity index (χ1n) is 6.21. The molecule has 0 unspecified atom stereocenters. The summed E-state index contributed by atoms with van der Waals surface area (Å²) in [6.07, 6.45) is -1.14. The van der Waals surface area contributed by atoms with Crippen LogP contribution >= 0.6 is 0 Å². The van der Waals surface area contributed by atoms with E-state index in [4.69, 9.17) is 9.84 Å². The van der Waals surface area contributed by atoms with Crippen LogP contribution in [0.3, 0.4) is 0 Å². The second kappa shape index (κ2) is 6.95. The van der Waals surface area contributed by atoms with Crippen LogP contribution in [-0.2, 0) is 4.79 Å². The molecule has 3 N–H and O–H groups in total. The van der Waals surface area contributed by atoms with Gasteiger partial charge in [0.2, 0.25) is 0 Å². The smallest absolute Gasteiger partial charge is 0.409 e. The molecule has 0 saturated carbocycles. The number of carbonyl (C=O) groups is 2. The van der Waals surface area contributed by atoms with Gasteiger partial charge in [-0.2, -0.15) is 0 Å². The summed E-state index contributed by atoms with van der Waals surface area (Å²) in [6, 6.07) is 15.3. The first-order valence-corrected chi connectivity index (χ1v) is 6.21. The molecule has 108 valence electrons. The summed E-state index contributed by atoms with van der Waals surface area (Å²) < 4.78 is 5.31. The number of hydrogen-bond acceptors (Lipinski definition) is 3. The van der Waals surface area contributed by atoms with Gasteiger partial charge in [0.15, 0.2) is 6.61 Å². The van der Waals surface area contributed by atoms with Crippen molar-refractivity contribution in [2.24, 2.45) is 0 Å². The number of benzene rings is 2. The Morgan fingerprint density at radius 2 is 1.48 bits per heavy atom. The predicted octanol–water partition coefficient (Wildman–Crippen LogP) is 2.79. The van der Waals surface area contributed by atoms with Gasteiger partial charge in [0.1, 0.15) is 5.75 Å². The monoisotopic (exact) mass is 286 g/mol. The van der Waals surface area contributed by atoms with Crippen LogP contribution in [0.2, 0.25) is 0 Å². The zero-order valence-corrected chi connectivity index (χ0v) is 11.1. The topological polar surface area (TPSA) is 87.7 Å². The minimum absolute atomic E-state index is 0.0981. The maximum Gasteiger partial charge on any atom is 0.409 e. The Labute approximate surface area is 121 Å². The summed E-state index contributed by atoms with van der Waals surface area (Å²) in [5.74, 6) is 0.325. The van der Waals surface area contributed by atoms with Gasteiger partial charge in [-0.05, 0) is 36.4 Å². The van der Waals surface area contributed by atoms with Crippen LogP contribution in [0.4, 0.5) is 16.2 Å². The summed E-state index contributed by atoms with van der Waals surface area (Å²) in [5, 5.41) is 13.4. The Balaban J connectivity index is 1.83. The molecule has 0 bridgehead atoms. The fourth-order valence-electron chi connectivity index (χ4n) is 1.62. The maximum atomic E-state index is 11.7. The van der Waals surface area contributed by atoms with Crippen molar-refractivity contribution >= 4 is 23.4 Å². The molecule has 6 heteroatoms. The Morgan fingerprint density at radius 1 is 0.905 bits per heavy atom. The van der Waals surface area contributed by atoms with E-state index in [0.29, 0.717) is 17.1 Å². The molecule has 6 nitrogen and oxygen atoms in total. The number of rotatable bonds is 5. The third-order valence-corrected chi connectivity index (χ3v) is 2.53. The van der Waals surface area contributed by atoms with E-state index in [1.54, 1.807) is 36.4 Å². The number of carbonyl (C=O) groups excluding carboxylic acids is 1. The third kappa shape index (κ3) is 4.87. The molecule has 2 aromatic rings. The lowest BCUT2D eigenvalue weighted by Crippen LogP contribution is -2.20. The lowest BCUT2D eigenvalue weighted by molar-refractivity contribution is -0.118. The molecule has 0 fully saturated rings. The summed E-state index contributed by atoms with van der Waals surface area (Å²) in [7, 11) is 0. The number of hydrogen-bond donors (Lipinski definition) is 3. The molecule has 0 aliphatic carbocycles. The lowest BCUT2D eigenvalue weighted by Gasteiger charge is -2.08. The Morgan fingerprint density at radius 3 is 2.05 bits per heavy atom. The molecular formula is C15H14N2O4. The van der Waals surface area contributed by atoms with Crippen molar-refractivity contribution in [2.75, 3.05) is 17.2 Å². The Bertz CT molecular complexity index is 611. The lowest BCUT2D eigenvalue weighted by atomic mass is 10.3. The van der Waals surface area contributed by atoms with Gasteiger partial charge in [0, 0.05) is 11.4 Å². The largest absolute Gasteiger partial charge is 0.484 e. The predicted molar refractivity (Wildman–Crippen MR) is 78.7 cm³/mol. The third-order valence-electron chi connectivity index (χ3n) is 2.53. The molecule has 0 atom stereocenters. The second-order valence-corrected chi connectivity index (χ2v) is 4.16. The quantitative estimate of drug-likeness (QED) is 0.788. The maximum absolute atomic E-state index is 11.7. The Kier molecular flexibility index (Phi) is 4.76. The van der Waals surface area contributed by atoms with E-state index >= 15 is 0 Å². The molecule has 0 aliphatic heterocycles. The van der Waals surface area contributed by atoms with Crippen molar-refractivity contribution < 1.29 is 19.4 Å². The van der Waals surface area contributed by atoms with Crippen molar-refractivity contribution in [1.82, 2.24) is 0 Å². The molecule has 2 aromatic carbocycles. The number of carboxylic acid groups (broad SMARTS) is 1. The van der Waals surface area contributed by atoms with Gasteiger partial charge in [-0.3, -0.25) is 10.1 Å². The number of anilines is 2. The van der Waals surface area contributed by atoms with Crippen LogP contribution in [0.25, 0.3) is 0 Å². The molecule has 21 heavy (non-hydrogen) atoms. The summed E-state index contributed by atoms with van der Waals surface area (Å²) in [4.78, 5) is 22.2. The van der Waals surface area contributed by atoms with E-state index in [-0.39, 0.29) is 12.5 Å². The van der Waals surface area contributed by atoms with E-state index in [0.717, 1.165) is 0 Å². The van der Waals surface area contributed by atoms with E-state index in [1.807, 2.05) is 18.2 Å². The fourth-order valence-corrected chi connectivity index (χ4v) is 1.62. The van der Waals surface area contributed by atoms with Crippen LogP contribution < -0.4 is 15.4 Å². The van der Waals surface area contributed by atoms with Crippen molar-refractivity contribution in [2.45, 2.75) is 0 Å². The summed E-state index contributed by atoms with van der Waals surface area (Å²) in [5.41, 5.74) is 0.994. The highest BCUT2D eigenvalue weighted by Gasteiger charge is 2.04. The van der Waals surface area contributed by atoms with Crippen LogP contribution in [0, 0.1) is 0 Å². The molecule has 0 radical (unpaired) electrons. The second-order valence-electron chi connectivity index (χ2n) is 4.16. The SMILES string of the molecule is O=C(O)Nc1ccc(NC(=O)COc2ccccc2)cc1. The molecule has 0 spiro atoms. The van der Waals surface area contributed by atoms with E-state index in [9.17, 15) is 9.59 Å². The molecule has 0 heterocycles. The van der Waals surface area contributed by atoms with Gasteiger partial charge in [-0.25, -0.2) is 4.79 Å². The highest BCUT2D eigenvalue weighted by molar-refractivity contribution is 5.92. The molecule has 0 saturated heterocycles. The first-order chi connectivity index (χ1) is 10.1. The minimum atomic E-state index is -1.14. The number of para-hydroxylation sites is 1.